The van der Waals surface area contributed by atoms with Crippen molar-refractivity contribution in [2.75, 3.05) is 33.0 Å². The van der Waals surface area contributed by atoms with Gasteiger partial charge in [-0.3, -0.25) is 0 Å². The van der Waals surface area contributed by atoms with E-state index >= 15 is 0 Å². The van der Waals surface area contributed by atoms with E-state index in [1.165, 1.54) is 0 Å². The fourth-order valence-corrected chi connectivity index (χ4v) is 3.96. The van der Waals surface area contributed by atoms with Gasteiger partial charge in [0.15, 0.2) is 18.2 Å². The first-order valence-electron chi connectivity index (χ1n) is 9.32. The minimum atomic E-state index is -0.366. The van der Waals surface area contributed by atoms with Crippen molar-refractivity contribution in [2.24, 2.45) is 0 Å². The fourth-order valence-electron chi connectivity index (χ4n) is 3.68. The lowest BCUT2D eigenvalue weighted by Crippen LogP contribution is -2.32. The number of halogens is 1. The molecule has 3 aromatic rings. The van der Waals surface area contributed by atoms with Crippen molar-refractivity contribution in [3.63, 3.8) is 0 Å². The van der Waals surface area contributed by atoms with Crippen LogP contribution in [0.5, 0.6) is 23.0 Å². The van der Waals surface area contributed by atoms with Crippen LogP contribution in [0.3, 0.4) is 0 Å². The molecule has 0 amide bonds. The molecule has 0 saturated heterocycles. The summed E-state index contributed by atoms with van der Waals surface area (Å²) in [6.07, 6.45) is 0. The number of fused-ring (bicyclic) bond motifs is 3. The van der Waals surface area contributed by atoms with Crippen LogP contribution in [-0.4, -0.2) is 28.1 Å². The standard InChI is InChI=1S/C22H22ClNO6/c1-11-12(2)22(25)30-19-14(11)8-16(23)20-15(19)9-24(10-29-20)13-6-17(26-3)21(28-5)18(7-13)27-4/h6-8H,9-10H2,1-5H3. The molecular weight excluding hydrogens is 410 g/mol. The van der Waals surface area contributed by atoms with Gasteiger partial charge < -0.3 is 28.3 Å². The molecule has 0 radical (unpaired) electrons. The van der Waals surface area contributed by atoms with Gasteiger partial charge in [-0.2, -0.15) is 0 Å². The van der Waals surface area contributed by atoms with E-state index in [4.69, 9.17) is 35.0 Å². The van der Waals surface area contributed by atoms with Gasteiger partial charge in [-0.05, 0) is 25.5 Å². The van der Waals surface area contributed by atoms with E-state index < -0.39 is 0 Å². The maximum Gasteiger partial charge on any atom is 0.339 e. The third-order valence-corrected chi connectivity index (χ3v) is 5.76. The van der Waals surface area contributed by atoms with Crippen LogP contribution in [0.2, 0.25) is 5.02 Å². The van der Waals surface area contributed by atoms with Crippen LogP contribution in [0.25, 0.3) is 11.0 Å². The molecule has 0 unspecified atom stereocenters. The number of hydrogen-bond donors (Lipinski definition) is 0. The van der Waals surface area contributed by atoms with E-state index in [2.05, 4.69) is 0 Å². The summed E-state index contributed by atoms with van der Waals surface area (Å²) in [5.74, 6) is 2.10. The number of hydrogen-bond acceptors (Lipinski definition) is 7. The Labute approximate surface area is 178 Å². The van der Waals surface area contributed by atoms with Crippen molar-refractivity contribution in [1.29, 1.82) is 0 Å². The maximum atomic E-state index is 12.3. The molecule has 0 atom stereocenters. The molecule has 1 aliphatic rings. The number of rotatable bonds is 4. The van der Waals surface area contributed by atoms with Gasteiger partial charge in [-0.1, -0.05) is 11.6 Å². The predicted molar refractivity (Wildman–Crippen MR) is 115 cm³/mol. The van der Waals surface area contributed by atoms with Crippen LogP contribution in [0.15, 0.2) is 27.4 Å². The Bertz CT molecular complexity index is 1180. The second-order valence-corrected chi connectivity index (χ2v) is 7.44. The van der Waals surface area contributed by atoms with Crippen molar-refractivity contribution >= 4 is 28.3 Å². The molecule has 0 spiro atoms. The molecule has 1 aliphatic heterocycles. The molecule has 0 N–H and O–H groups in total. The minimum absolute atomic E-state index is 0.256. The summed E-state index contributed by atoms with van der Waals surface area (Å²) >= 11 is 6.49. The van der Waals surface area contributed by atoms with Crippen molar-refractivity contribution in [2.45, 2.75) is 20.4 Å². The smallest absolute Gasteiger partial charge is 0.339 e. The largest absolute Gasteiger partial charge is 0.493 e. The maximum absolute atomic E-state index is 12.3. The quantitative estimate of drug-likeness (QED) is 0.565. The SMILES string of the molecule is COc1cc(N2COc3c(Cl)cc4c(C)c(C)c(=O)oc4c3C2)cc(OC)c1OC. The number of nitrogens with zero attached hydrogens (tertiary/aromatic N) is 1. The molecule has 0 aliphatic carbocycles. The zero-order valence-corrected chi connectivity index (χ0v) is 18.2. The Balaban J connectivity index is 1.86. The van der Waals surface area contributed by atoms with Crippen molar-refractivity contribution in [1.82, 2.24) is 0 Å². The van der Waals surface area contributed by atoms with Gasteiger partial charge in [0.05, 0.1) is 38.5 Å². The topological polar surface area (TPSA) is 70.4 Å². The van der Waals surface area contributed by atoms with E-state index in [9.17, 15) is 4.79 Å². The first-order chi connectivity index (χ1) is 14.4. The summed E-state index contributed by atoms with van der Waals surface area (Å²) in [7, 11) is 4.69. The van der Waals surface area contributed by atoms with Gasteiger partial charge in [0.2, 0.25) is 5.75 Å². The summed E-state index contributed by atoms with van der Waals surface area (Å²) in [4.78, 5) is 14.3. The Kier molecular flexibility index (Phi) is 5.15. The zero-order chi connectivity index (χ0) is 21.6. The van der Waals surface area contributed by atoms with Gasteiger partial charge in [0.1, 0.15) is 11.3 Å². The van der Waals surface area contributed by atoms with Crippen LogP contribution < -0.4 is 29.5 Å². The Morgan fingerprint density at radius 3 is 2.27 bits per heavy atom. The Hall–Kier alpha value is -3.06. The molecule has 0 fully saturated rings. The lowest BCUT2D eigenvalue weighted by atomic mass is 10.0. The van der Waals surface area contributed by atoms with Crippen LogP contribution in [0.1, 0.15) is 16.7 Å². The van der Waals surface area contributed by atoms with Crippen LogP contribution in [0, 0.1) is 13.8 Å². The Morgan fingerprint density at radius 2 is 1.67 bits per heavy atom. The number of methoxy groups -OCH3 is 3. The fraction of sp³-hybridized carbons (Fsp3) is 0.318. The van der Waals surface area contributed by atoms with Gasteiger partial charge in [-0.25, -0.2) is 4.79 Å². The molecular formula is C22H22ClNO6. The monoisotopic (exact) mass is 431 g/mol. The first-order valence-corrected chi connectivity index (χ1v) is 9.70. The lowest BCUT2D eigenvalue weighted by Gasteiger charge is -2.32. The molecule has 2 heterocycles. The number of benzene rings is 2. The molecule has 4 rings (SSSR count). The van der Waals surface area contributed by atoms with Crippen molar-refractivity contribution < 1.29 is 23.4 Å². The molecule has 8 heteroatoms. The molecule has 30 heavy (non-hydrogen) atoms. The molecule has 1 aromatic heterocycles. The zero-order valence-electron chi connectivity index (χ0n) is 17.4. The van der Waals surface area contributed by atoms with Gasteiger partial charge in [0, 0.05) is 28.8 Å². The van der Waals surface area contributed by atoms with E-state index in [0.717, 1.165) is 22.2 Å². The highest BCUT2D eigenvalue weighted by molar-refractivity contribution is 6.33. The molecule has 2 aromatic carbocycles. The van der Waals surface area contributed by atoms with Crippen molar-refractivity contribution in [3.05, 3.63) is 50.3 Å². The summed E-state index contributed by atoms with van der Waals surface area (Å²) < 4.78 is 27.9. The van der Waals surface area contributed by atoms with E-state index in [0.29, 0.717) is 45.7 Å². The average molecular weight is 432 g/mol. The molecule has 7 nitrogen and oxygen atoms in total. The summed E-state index contributed by atoms with van der Waals surface area (Å²) in [5.41, 5.74) is 3.05. The summed E-state index contributed by atoms with van der Waals surface area (Å²) in [6.45, 7) is 4.31. The lowest BCUT2D eigenvalue weighted by molar-refractivity contribution is 0.288. The normalized spacial score (nSPS) is 13.1. The summed E-state index contributed by atoms with van der Waals surface area (Å²) in [5, 5.41) is 1.28. The number of aryl methyl sites for hydroxylation is 1. The second kappa shape index (κ2) is 7.65. The van der Waals surface area contributed by atoms with Crippen molar-refractivity contribution in [3.8, 4) is 23.0 Å². The first kappa shape index (κ1) is 20.2. The van der Waals surface area contributed by atoms with E-state index in [1.807, 2.05) is 24.0 Å². The number of anilines is 1. The molecule has 158 valence electrons. The van der Waals surface area contributed by atoms with E-state index in [1.54, 1.807) is 34.3 Å². The van der Waals surface area contributed by atoms with Gasteiger partial charge in [-0.15, -0.1) is 0 Å². The highest BCUT2D eigenvalue weighted by Gasteiger charge is 2.27. The summed E-state index contributed by atoms with van der Waals surface area (Å²) in [6, 6.07) is 5.47. The minimum Gasteiger partial charge on any atom is -0.493 e. The predicted octanol–water partition coefficient (Wildman–Crippen LogP) is 4.45. The van der Waals surface area contributed by atoms with Crippen LogP contribution in [0.4, 0.5) is 5.69 Å². The van der Waals surface area contributed by atoms with Gasteiger partial charge >= 0.3 is 5.63 Å². The Morgan fingerprint density at radius 1 is 1.00 bits per heavy atom. The number of ether oxygens (including phenoxy) is 4. The van der Waals surface area contributed by atoms with Crippen LogP contribution >= 0.6 is 11.6 Å². The molecule has 0 saturated carbocycles. The second-order valence-electron chi connectivity index (χ2n) is 7.04. The highest BCUT2D eigenvalue weighted by atomic mass is 35.5. The third-order valence-electron chi connectivity index (χ3n) is 5.48. The highest BCUT2D eigenvalue weighted by Crippen LogP contribution is 2.44. The van der Waals surface area contributed by atoms with E-state index in [-0.39, 0.29) is 12.4 Å². The van der Waals surface area contributed by atoms with Crippen LogP contribution in [-0.2, 0) is 6.54 Å². The third kappa shape index (κ3) is 3.10. The van der Waals surface area contributed by atoms with Gasteiger partial charge in [0.25, 0.3) is 0 Å². The molecule has 0 bridgehead atoms. The average Bonchev–Trinajstić information content (AvgIpc) is 2.77.